The number of amides is 3. The number of methoxy groups -OCH3 is 1. The van der Waals surface area contributed by atoms with E-state index in [9.17, 15) is 14.4 Å². The Hall–Kier alpha value is -3.39. The van der Waals surface area contributed by atoms with Gasteiger partial charge in [0.05, 0.1) is 7.11 Å². The first kappa shape index (κ1) is 25.7. The molecule has 1 heterocycles. The molecule has 1 aliphatic carbocycles. The summed E-state index contributed by atoms with van der Waals surface area (Å²) in [5.74, 6) is 0.396. The predicted molar refractivity (Wildman–Crippen MR) is 137 cm³/mol. The Labute approximate surface area is 212 Å². The number of nitrogens with zero attached hydrogens (tertiary/aromatic N) is 2. The largest absolute Gasteiger partial charge is 0.497 e. The molecule has 0 spiro atoms. The van der Waals surface area contributed by atoms with Crippen molar-refractivity contribution >= 4 is 17.7 Å². The molecule has 2 aromatic carbocycles. The number of benzene rings is 2. The number of carbonyl (C=O) groups excluding carboxylic acids is 3. The second kappa shape index (κ2) is 12.0. The lowest BCUT2D eigenvalue weighted by Gasteiger charge is -2.29. The van der Waals surface area contributed by atoms with Gasteiger partial charge in [-0.05, 0) is 41.7 Å². The zero-order valence-electron chi connectivity index (χ0n) is 20.9. The first-order chi connectivity index (χ1) is 17.5. The van der Waals surface area contributed by atoms with E-state index in [1.165, 1.54) is 30.6 Å². The maximum atomic E-state index is 13.5. The monoisotopic (exact) mass is 492 g/mol. The Morgan fingerprint density at radius 2 is 1.72 bits per heavy atom. The Morgan fingerprint density at radius 1 is 1.00 bits per heavy atom. The van der Waals surface area contributed by atoms with Crippen LogP contribution in [0.4, 0.5) is 0 Å². The highest BCUT2D eigenvalue weighted by Crippen LogP contribution is 2.29. The van der Waals surface area contributed by atoms with Crippen LogP contribution < -0.4 is 15.8 Å². The van der Waals surface area contributed by atoms with Gasteiger partial charge in [0.1, 0.15) is 5.75 Å². The Morgan fingerprint density at radius 3 is 2.47 bits per heavy atom. The minimum absolute atomic E-state index is 0.0758. The molecular formula is C28H36N4O4. The number of ether oxygens (including phenoxy) is 1. The van der Waals surface area contributed by atoms with Crippen LogP contribution in [-0.2, 0) is 22.7 Å². The Balaban J connectivity index is 1.51. The van der Waals surface area contributed by atoms with Gasteiger partial charge in [-0.2, -0.15) is 0 Å². The fourth-order valence-corrected chi connectivity index (χ4v) is 5.22. The van der Waals surface area contributed by atoms with Crippen LogP contribution in [0.1, 0.15) is 60.0 Å². The van der Waals surface area contributed by atoms with Gasteiger partial charge in [-0.3, -0.25) is 14.4 Å². The highest BCUT2D eigenvalue weighted by atomic mass is 16.5. The van der Waals surface area contributed by atoms with Crippen molar-refractivity contribution in [1.82, 2.24) is 15.1 Å². The summed E-state index contributed by atoms with van der Waals surface area (Å²) in [6.45, 7) is 1.33. The lowest BCUT2D eigenvalue weighted by Crippen LogP contribution is -2.53. The molecule has 192 valence electrons. The zero-order chi connectivity index (χ0) is 25.5. The van der Waals surface area contributed by atoms with Crippen LogP contribution in [0.15, 0.2) is 48.5 Å². The molecule has 2 aliphatic rings. The minimum atomic E-state index is -0.988. The third kappa shape index (κ3) is 6.05. The summed E-state index contributed by atoms with van der Waals surface area (Å²) in [5.41, 5.74) is 8.05. The summed E-state index contributed by atoms with van der Waals surface area (Å²) < 4.78 is 5.26. The van der Waals surface area contributed by atoms with E-state index in [2.05, 4.69) is 5.32 Å². The highest BCUT2D eigenvalue weighted by Gasteiger charge is 2.42. The fraction of sp³-hybridized carbons (Fsp3) is 0.464. The van der Waals surface area contributed by atoms with Gasteiger partial charge in [0, 0.05) is 38.2 Å². The van der Waals surface area contributed by atoms with Crippen molar-refractivity contribution in [3.8, 4) is 5.75 Å². The van der Waals surface area contributed by atoms with Crippen LogP contribution in [0.25, 0.3) is 0 Å². The second-order valence-electron chi connectivity index (χ2n) is 9.62. The van der Waals surface area contributed by atoms with E-state index in [0.717, 1.165) is 17.5 Å². The standard InChI is InChI=1S/C28H36N4O4/c1-36-24-11-5-10-23(17-24)28(35)32-15-14-31(25(33)13-12-20-6-2-3-7-20)27(32)26(34)30-19-22-9-4-8-21(16-22)18-29/h4-5,8-11,16-17,20,27H,2-3,6-7,12-15,18-19,29H2,1H3,(H,30,34). The molecule has 1 unspecified atom stereocenters. The van der Waals surface area contributed by atoms with Gasteiger partial charge in [0.15, 0.2) is 6.17 Å². The van der Waals surface area contributed by atoms with Crippen molar-refractivity contribution in [3.05, 3.63) is 65.2 Å². The molecule has 0 radical (unpaired) electrons. The van der Waals surface area contributed by atoms with E-state index >= 15 is 0 Å². The number of rotatable bonds is 9. The first-order valence-corrected chi connectivity index (χ1v) is 12.8. The maximum Gasteiger partial charge on any atom is 0.264 e. The fourth-order valence-electron chi connectivity index (χ4n) is 5.22. The Kier molecular flexibility index (Phi) is 8.59. The van der Waals surface area contributed by atoms with Crippen LogP contribution in [0, 0.1) is 5.92 Å². The van der Waals surface area contributed by atoms with Gasteiger partial charge in [0.2, 0.25) is 5.91 Å². The molecule has 2 fully saturated rings. The molecule has 36 heavy (non-hydrogen) atoms. The average Bonchev–Trinajstić information content (AvgIpc) is 3.60. The number of nitrogens with one attached hydrogen (secondary N) is 1. The highest BCUT2D eigenvalue weighted by molar-refractivity contribution is 5.99. The number of carbonyl (C=O) groups is 3. The third-order valence-electron chi connectivity index (χ3n) is 7.24. The van der Waals surface area contributed by atoms with Crippen molar-refractivity contribution in [2.75, 3.05) is 20.2 Å². The SMILES string of the molecule is COc1cccc(C(=O)N2CCN(C(=O)CCC3CCCC3)C2C(=O)NCc2cccc(CN)c2)c1. The lowest BCUT2D eigenvalue weighted by atomic mass is 10.0. The van der Waals surface area contributed by atoms with Crippen LogP contribution >= 0.6 is 0 Å². The molecule has 1 aliphatic heterocycles. The second-order valence-corrected chi connectivity index (χ2v) is 9.62. The molecule has 1 atom stereocenters. The van der Waals surface area contributed by atoms with Crippen molar-refractivity contribution in [1.29, 1.82) is 0 Å². The average molecular weight is 493 g/mol. The van der Waals surface area contributed by atoms with Gasteiger partial charge in [0.25, 0.3) is 11.8 Å². The van der Waals surface area contributed by atoms with E-state index in [0.29, 0.717) is 43.3 Å². The van der Waals surface area contributed by atoms with Crippen LogP contribution in [-0.4, -0.2) is 53.9 Å². The number of hydrogen-bond donors (Lipinski definition) is 2. The van der Waals surface area contributed by atoms with E-state index in [-0.39, 0.29) is 24.3 Å². The van der Waals surface area contributed by atoms with Crippen molar-refractivity contribution in [3.63, 3.8) is 0 Å². The van der Waals surface area contributed by atoms with Crippen molar-refractivity contribution in [2.24, 2.45) is 11.7 Å². The topological polar surface area (TPSA) is 105 Å². The van der Waals surface area contributed by atoms with E-state index < -0.39 is 6.17 Å². The van der Waals surface area contributed by atoms with E-state index in [1.807, 2.05) is 24.3 Å². The molecule has 0 aromatic heterocycles. The molecule has 8 nitrogen and oxygen atoms in total. The van der Waals surface area contributed by atoms with Crippen LogP contribution in [0.5, 0.6) is 5.75 Å². The van der Waals surface area contributed by atoms with Gasteiger partial charge >= 0.3 is 0 Å². The summed E-state index contributed by atoms with van der Waals surface area (Å²) in [4.78, 5) is 43.2. The summed E-state index contributed by atoms with van der Waals surface area (Å²) >= 11 is 0. The van der Waals surface area contributed by atoms with Gasteiger partial charge in [-0.1, -0.05) is 56.0 Å². The molecule has 1 saturated carbocycles. The quantitative estimate of drug-likeness (QED) is 0.560. The normalized spacial score (nSPS) is 17.9. The predicted octanol–water partition coefficient (Wildman–Crippen LogP) is 3.05. The molecule has 3 amide bonds. The molecule has 0 bridgehead atoms. The zero-order valence-corrected chi connectivity index (χ0v) is 20.9. The smallest absolute Gasteiger partial charge is 0.264 e. The summed E-state index contributed by atoms with van der Waals surface area (Å²) in [7, 11) is 1.54. The Bertz CT molecular complexity index is 1080. The minimum Gasteiger partial charge on any atom is -0.497 e. The van der Waals surface area contributed by atoms with Gasteiger partial charge in [-0.15, -0.1) is 0 Å². The van der Waals surface area contributed by atoms with Crippen LogP contribution in [0.2, 0.25) is 0 Å². The summed E-state index contributed by atoms with van der Waals surface area (Å²) in [6, 6.07) is 14.5. The van der Waals surface area contributed by atoms with E-state index in [4.69, 9.17) is 10.5 Å². The molecule has 3 N–H and O–H groups in total. The molecule has 2 aromatic rings. The first-order valence-electron chi connectivity index (χ1n) is 12.8. The summed E-state index contributed by atoms with van der Waals surface area (Å²) in [5, 5.41) is 2.94. The van der Waals surface area contributed by atoms with Gasteiger partial charge in [-0.25, -0.2) is 0 Å². The van der Waals surface area contributed by atoms with Crippen molar-refractivity contribution in [2.45, 2.75) is 57.8 Å². The molecule has 8 heteroatoms. The number of nitrogens with two attached hydrogens (primary N) is 1. The molecular weight excluding hydrogens is 456 g/mol. The van der Waals surface area contributed by atoms with E-state index in [1.54, 1.807) is 36.3 Å². The molecule has 4 rings (SSSR count). The number of hydrogen-bond acceptors (Lipinski definition) is 5. The van der Waals surface area contributed by atoms with Gasteiger partial charge < -0.3 is 25.6 Å². The van der Waals surface area contributed by atoms with Crippen molar-refractivity contribution < 1.29 is 19.1 Å². The summed E-state index contributed by atoms with van der Waals surface area (Å²) in [6.07, 6.45) is 5.02. The van der Waals surface area contributed by atoms with Crippen LogP contribution in [0.3, 0.4) is 0 Å². The maximum absolute atomic E-state index is 13.5. The molecule has 1 saturated heterocycles. The third-order valence-corrected chi connectivity index (χ3v) is 7.24. The lowest BCUT2D eigenvalue weighted by molar-refractivity contribution is -0.141.